The van der Waals surface area contributed by atoms with Crippen molar-refractivity contribution >= 4 is 30.1 Å². The van der Waals surface area contributed by atoms with Crippen LogP contribution in [0.15, 0.2) is 0 Å². The van der Waals surface area contributed by atoms with Crippen molar-refractivity contribution in [3.8, 4) is 0 Å². The Hall–Kier alpha value is 0.0700. The molecule has 0 aromatic carbocycles. The fourth-order valence-electron chi connectivity index (χ4n) is 3.70. The lowest BCUT2D eigenvalue weighted by molar-refractivity contribution is -0.132. The summed E-state index contributed by atoms with van der Waals surface area (Å²) in [6, 6.07) is 0.759. The lowest BCUT2D eigenvalue weighted by atomic mass is 9.85. The van der Waals surface area contributed by atoms with Crippen LogP contribution >= 0.6 is 24.2 Å². The minimum atomic E-state index is 0. The third-order valence-corrected chi connectivity index (χ3v) is 5.74. The van der Waals surface area contributed by atoms with Crippen molar-refractivity contribution < 1.29 is 4.79 Å². The van der Waals surface area contributed by atoms with Gasteiger partial charge in [-0.3, -0.25) is 4.79 Å². The molecular weight excluding hydrogens is 280 g/mol. The van der Waals surface area contributed by atoms with Crippen LogP contribution in [0.4, 0.5) is 0 Å². The lowest BCUT2D eigenvalue weighted by Gasteiger charge is -2.25. The standard InChI is InChI=1S/C14H24N2OS.ClH/c17-14(16-6-3-8-18-9-7-16)13-10-11-4-1-2-5-12(11)15-13;/h11-13,15H,1-10H2;1H. The van der Waals surface area contributed by atoms with E-state index in [4.69, 9.17) is 0 Å². The summed E-state index contributed by atoms with van der Waals surface area (Å²) in [5.41, 5.74) is 0. The first kappa shape index (κ1) is 15.5. The molecule has 2 aliphatic heterocycles. The minimum Gasteiger partial charge on any atom is -0.340 e. The maximum atomic E-state index is 12.6. The number of fused-ring (bicyclic) bond motifs is 1. The number of halogens is 1. The Bertz CT molecular complexity index is 294. The lowest BCUT2D eigenvalue weighted by Crippen LogP contribution is -2.46. The fraction of sp³-hybridized carbons (Fsp3) is 0.929. The Morgan fingerprint density at radius 2 is 1.95 bits per heavy atom. The van der Waals surface area contributed by atoms with Gasteiger partial charge in [-0.05, 0) is 37.4 Å². The Balaban J connectivity index is 0.00000133. The minimum absolute atomic E-state index is 0. The molecule has 1 saturated carbocycles. The zero-order chi connectivity index (χ0) is 12.4. The van der Waals surface area contributed by atoms with E-state index in [1.165, 1.54) is 31.4 Å². The maximum absolute atomic E-state index is 12.6. The van der Waals surface area contributed by atoms with Crippen molar-refractivity contribution in [2.45, 2.75) is 50.6 Å². The first-order valence-corrected chi connectivity index (χ1v) is 8.62. The average Bonchev–Trinajstić information content (AvgIpc) is 2.64. The van der Waals surface area contributed by atoms with Crippen LogP contribution in [0, 0.1) is 5.92 Å². The van der Waals surface area contributed by atoms with Gasteiger partial charge in [-0.25, -0.2) is 0 Å². The van der Waals surface area contributed by atoms with Gasteiger partial charge in [0, 0.05) is 24.9 Å². The van der Waals surface area contributed by atoms with Gasteiger partial charge in [0.2, 0.25) is 5.91 Å². The van der Waals surface area contributed by atoms with Crippen LogP contribution in [0.1, 0.15) is 38.5 Å². The second-order valence-corrected chi connectivity index (χ2v) is 7.12. The highest BCUT2D eigenvalue weighted by Crippen LogP contribution is 2.33. The molecule has 0 aromatic heterocycles. The van der Waals surface area contributed by atoms with Crippen molar-refractivity contribution in [3.63, 3.8) is 0 Å². The van der Waals surface area contributed by atoms with Crippen LogP contribution in [0.5, 0.6) is 0 Å². The van der Waals surface area contributed by atoms with Crippen molar-refractivity contribution in [2.24, 2.45) is 5.92 Å². The molecule has 110 valence electrons. The van der Waals surface area contributed by atoms with E-state index in [0.717, 1.165) is 37.6 Å². The highest BCUT2D eigenvalue weighted by atomic mass is 35.5. The van der Waals surface area contributed by atoms with Gasteiger partial charge in [0.05, 0.1) is 6.04 Å². The molecular formula is C14H25ClN2OS. The van der Waals surface area contributed by atoms with Gasteiger partial charge in [-0.1, -0.05) is 12.8 Å². The van der Waals surface area contributed by atoms with Gasteiger partial charge in [-0.2, -0.15) is 11.8 Å². The van der Waals surface area contributed by atoms with Crippen LogP contribution in [0.25, 0.3) is 0 Å². The SMILES string of the molecule is Cl.O=C(C1CC2CCCCC2N1)N1CCCSCC1. The second-order valence-electron chi connectivity index (χ2n) is 5.90. The van der Waals surface area contributed by atoms with Crippen LogP contribution in [0.3, 0.4) is 0 Å². The largest absolute Gasteiger partial charge is 0.340 e. The van der Waals surface area contributed by atoms with E-state index in [0.29, 0.717) is 11.9 Å². The number of hydrogen-bond acceptors (Lipinski definition) is 3. The number of carbonyl (C=O) groups excluding carboxylic acids is 1. The summed E-state index contributed by atoms with van der Waals surface area (Å²) in [5, 5.41) is 3.61. The summed E-state index contributed by atoms with van der Waals surface area (Å²) in [6.45, 7) is 1.93. The zero-order valence-corrected chi connectivity index (χ0v) is 13.1. The molecule has 1 N–H and O–H groups in total. The number of carbonyl (C=O) groups is 1. The summed E-state index contributed by atoms with van der Waals surface area (Å²) in [5.74, 6) is 3.49. The van der Waals surface area contributed by atoms with Crippen molar-refractivity contribution in [2.75, 3.05) is 24.6 Å². The first-order valence-electron chi connectivity index (χ1n) is 7.47. The van der Waals surface area contributed by atoms with E-state index in [9.17, 15) is 4.79 Å². The van der Waals surface area contributed by atoms with E-state index in [-0.39, 0.29) is 18.4 Å². The van der Waals surface area contributed by atoms with E-state index < -0.39 is 0 Å². The smallest absolute Gasteiger partial charge is 0.239 e. The third-order valence-electron chi connectivity index (χ3n) is 4.69. The monoisotopic (exact) mass is 304 g/mol. The molecule has 0 bridgehead atoms. The number of nitrogens with one attached hydrogen (secondary N) is 1. The van der Waals surface area contributed by atoms with Gasteiger partial charge >= 0.3 is 0 Å². The molecule has 3 atom stereocenters. The average molecular weight is 305 g/mol. The molecule has 19 heavy (non-hydrogen) atoms. The van der Waals surface area contributed by atoms with E-state index in [1.807, 2.05) is 11.8 Å². The third kappa shape index (κ3) is 3.59. The fourth-order valence-corrected chi connectivity index (χ4v) is 4.58. The summed E-state index contributed by atoms with van der Waals surface area (Å²) < 4.78 is 0. The Morgan fingerprint density at radius 1 is 1.11 bits per heavy atom. The van der Waals surface area contributed by atoms with Crippen LogP contribution in [0.2, 0.25) is 0 Å². The molecule has 3 aliphatic rings. The van der Waals surface area contributed by atoms with Crippen LogP contribution < -0.4 is 5.32 Å². The number of nitrogens with zero attached hydrogens (tertiary/aromatic N) is 1. The molecule has 2 heterocycles. The predicted octanol–water partition coefficient (Wildman–Crippen LogP) is 2.29. The number of hydrogen-bond donors (Lipinski definition) is 1. The highest BCUT2D eigenvalue weighted by Gasteiger charge is 2.39. The molecule has 3 fully saturated rings. The van der Waals surface area contributed by atoms with Crippen molar-refractivity contribution in [3.05, 3.63) is 0 Å². The molecule has 0 aromatic rings. The summed E-state index contributed by atoms with van der Waals surface area (Å²) in [4.78, 5) is 14.7. The molecule has 3 rings (SSSR count). The normalized spacial score (nSPS) is 35.2. The van der Waals surface area contributed by atoms with Gasteiger partial charge in [-0.15, -0.1) is 12.4 Å². The Kier molecular flexibility index (Phi) is 5.85. The molecule has 1 amide bonds. The highest BCUT2D eigenvalue weighted by molar-refractivity contribution is 7.99. The Morgan fingerprint density at radius 3 is 2.79 bits per heavy atom. The van der Waals surface area contributed by atoms with Gasteiger partial charge < -0.3 is 10.2 Å². The van der Waals surface area contributed by atoms with Crippen LogP contribution in [-0.2, 0) is 4.79 Å². The van der Waals surface area contributed by atoms with E-state index in [2.05, 4.69) is 10.2 Å². The van der Waals surface area contributed by atoms with Gasteiger partial charge in [0.25, 0.3) is 0 Å². The molecule has 0 spiro atoms. The number of amides is 1. The Labute approximate surface area is 126 Å². The predicted molar refractivity (Wildman–Crippen MR) is 83.1 cm³/mol. The van der Waals surface area contributed by atoms with Crippen LogP contribution in [-0.4, -0.2) is 47.5 Å². The van der Waals surface area contributed by atoms with Crippen molar-refractivity contribution in [1.29, 1.82) is 0 Å². The quantitative estimate of drug-likeness (QED) is 0.807. The molecule has 2 saturated heterocycles. The molecule has 5 heteroatoms. The molecule has 3 nitrogen and oxygen atoms in total. The summed E-state index contributed by atoms with van der Waals surface area (Å²) in [7, 11) is 0. The molecule has 0 radical (unpaired) electrons. The van der Waals surface area contributed by atoms with Gasteiger partial charge in [0.1, 0.15) is 0 Å². The van der Waals surface area contributed by atoms with Gasteiger partial charge in [0.15, 0.2) is 0 Å². The topological polar surface area (TPSA) is 32.3 Å². The number of thioether (sulfide) groups is 1. The number of rotatable bonds is 1. The van der Waals surface area contributed by atoms with Crippen molar-refractivity contribution in [1.82, 2.24) is 10.2 Å². The summed E-state index contributed by atoms with van der Waals surface area (Å²) in [6.07, 6.45) is 7.57. The van der Waals surface area contributed by atoms with E-state index >= 15 is 0 Å². The maximum Gasteiger partial charge on any atom is 0.239 e. The first-order chi connectivity index (χ1) is 8.84. The molecule has 1 aliphatic carbocycles. The molecule has 3 unspecified atom stereocenters. The van der Waals surface area contributed by atoms with E-state index in [1.54, 1.807) is 0 Å². The zero-order valence-electron chi connectivity index (χ0n) is 11.5. The second kappa shape index (κ2) is 7.19. The summed E-state index contributed by atoms with van der Waals surface area (Å²) >= 11 is 1.99.